The first kappa shape index (κ1) is 19.4. The summed E-state index contributed by atoms with van der Waals surface area (Å²) in [5, 5.41) is 14.8. The Kier molecular flexibility index (Phi) is 5.82. The summed E-state index contributed by atoms with van der Waals surface area (Å²) in [6, 6.07) is 17.4. The first-order chi connectivity index (χ1) is 12.8. The van der Waals surface area contributed by atoms with E-state index in [-0.39, 0.29) is 5.06 Å². The van der Waals surface area contributed by atoms with Crippen molar-refractivity contribution in [1.29, 1.82) is 0 Å². The van der Waals surface area contributed by atoms with Crippen molar-refractivity contribution < 1.29 is 18.2 Å². The maximum absolute atomic E-state index is 12.8. The van der Waals surface area contributed by atoms with Gasteiger partial charge >= 0.3 is 6.18 Å². The van der Waals surface area contributed by atoms with Crippen molar-refractivity contribution in [2.45, 2.75) is 32.5 Å². The quantitative estimate of drug-likeness (QED) is 0.624. The second kappa shape index (κ2) is 8.11. The number of nitrogens with one attached hydrogen (secondary N) is 1. The number of alkyl halides is 3. The van der Waals surface area contributed by atoms with Crippen molar-refractivity contribution in [1.82, 2.24) is 0 Å². The van der Waals surface area contributed by atoms with Crippen LogP contribution in [0, 0.1) is 12.1 Å². The van der Waals surface area contributed by atoms with Crippen LogP contribution < -0.4 is 5.06 Å². The van der Waals surface area contributed by atoms with Gasteiger partial charge in [-0.15, -0.1) is 0 Å². The largest absolute Gasteiger partial charge is 0.634 e. The summed E-state index contributed by atoms with van der Waals surface area (Å²) in [6.07, 6.45) is -3.33. The Balaban J connectivity index is 1.61. The van der Waals surface area contributed by atoms with Gasteiger partial charge in [-0.3, -0.25) is 0 Å². The van der Waals surface area contributed by atoms with E-state index in [1.807, 2.05) is 43.3 Å². The second-order valence-electron chi connectivity index (χ2n) is 6.85. The van der Waals surface area contributed by atoms with Crippen LogP contribution in [0.5, 0.6) is 0 Å². The van der Waals surface area contributed by atoms with Crippen molar-refractivity contribution in [2.24, 2.45) is 0 Å². The lowest BCUT2D eigenvalue weighted by atomic mass is 9.99. The highest BCUT2D eigenvalue weighted by atomic mass is 19.4. The second-order valence-corrected chi connectivity index (χ2v) is 6.85. The minimum Gasteiger partial charge on any atom is -0.634 e. The fourth-order valence-corrected chi connectivity index (χ4v) is 3.36. The summed E-state index contributed by atoms with van der Waals surface area (Å²) in [6.45, 7) is 2.71. The molecule has 0 heterocycles. The SMILES string of the molecule is Cc1ccc2ccccc2c1C[NH+]([O-])CCCc1cccc(C(F)(F)F)c1. The number of hydrogen-bond acceptors (Lipinski definition) is 1. The van der Waals surface area contributed by atoms with Gasteiger partial charge in [-0.2, -0.15) is 13.2 Å². The van der Waals surface area contributed by atoms with Crippen molar-refractivity contribution in [2.75, 3.05) is 6.54 Å². The molecule has 0 aliphatic heterocycles. The zero-order chi connectivity index (χ0) is 19.4. The number of hydroxylamine groups is 2. The van der Waals surface area contributed by atoms with E-state index < -0.39 is 11.7 Å². The van der Waals surface area contributed by atoms with Gasteiger partial charge in [0, 0.05) is 12.0 Å². The van der Waals surface area contributed by atoms with Gasteiger partial charge < -0.3 is 10.3 Å². The molecule has 1 unspecified atom stereocenters. The monoisotopic (exact) mass is 373 g/mol. The van der Waals surface area contributed by atoms with Gasteiger partial charge in [0.1, 0.15) is 6.54 Å². The third-order valence-corrected chi connectivity index (χ3v) is 4.82. The van der Waals surface area contributed by atoms with Crippen molar-refractivity contribution in [3.8, 4) is 0 Å². The fraction of sp³-hybridized carbons (Fsp3) is 0.273. The predicted molar refractivity (Wildman–Crippen MR) is 101 cm³/mol. The third kappa shape index (κ3) is 4.87. The lowest BCUT2D eigenvalue weighted by Gasteiger charge is -2.24. The molecule has 0 bridgehead atoms. The molecule has 0 aliphatic rings. The van der Waals surface area contributed by atoms with Crippen LogP contribution >= 0.6 is 0 Å². The van der Waals surface area contributed by atoms with E-state index in [4.69, 9.17) is 0 Å². The molecule has 0 fully saturated rings. The highest BCUT2D eigenvalue weighted by molar-refractivity contribution is 5.86. The number of hydrogen-bond donors (Lipinski definition) is 1. The Labute approximate surface area is 156 Å². The van der Waals surface area contributed by atoms with Gasteiger partial charge in [-0.25, -0.2) is 0 Å². The van der Waals surface area contributed by atoms with Crippen molar-refractivity contribution in [3.05, 3.63) is 88.1 Å². The molecule has 0 spiro atoms. The topological polar surface area (TPSA) is 27.5 Å². The first-order valence-corrected chi connectivity index (χ1v) is 8.99. The molecule has 0 amide bonds. The van der Waals surface area contributed by atoms with Crippen LogP contribution in [0.15, 0.2) is 60.7 Å². The number of halogens is 3. The summed E-state index contributed by atoms with van der Waals surface area (Å²) < 4.78 is 38.3. The van der Waals surface area contributed by atoms with Gasteiger partial charge in [0.05, 0.1) is 12.1 Å². The van der Waals surface area contributed by atoms with Gasteiger partial charge in [0.25, 0.3) is 0 Å². The van der Waals surface area contributed by atoms with Gasteiger partial charge in [0.2, 0.25) is 0 Å². The Morgan fingerprint density at radius 3 is 2.52 bits per heavy atom. The molecule has 2 nitrogen and oxygen atoms in total. The minimum absolute atomic E-state index is 0.112. The van der Waals surface area contributed by atoms with Crippen LogP contribution in [-0.2, 0) is 19.1 Å². The van der Waals surface area contributed by atoms with Crippen LogP contribution in [0.4, 0.5) is 13.2 Å². The fourth-order valence-electron chi connectivity index (χ4n) is 3.36. The Morgan fingerprint density at radius 2 is 1.74 bits per heavy atom. The van der Waals surface area contributed by atoms with Gasteiger partial charge in [0.15, 0.2) is 0 Å². The van der Waals surface area contributed by atoms with Crippen LogP contribution in [0.25, 0.3) is 10.8 Å². The molecule has 0 aromatic heterocycles. The van der Waals surface area contributed by atoms with Crippen LogP contribution in [0.1, 0.15) is 28.7 Å². The summed E-state index contributed by atoms with van der Waals surface area (Å²) in [4.78, 5) is 0. The van der Waals surface area contributed by atoms with Crippen LogP contribution in [0.3, 0.4) is 0 Å². The standard InChI is InChI=1S/C22H22F3NO/c1-16-11-12-18-8-2-3-10-20(18)21(16)15-26(27)13-5-7-17-6-4-9-19(14-17)22(23,24)25/h2-4,6,8-12,14,26H,5,7,13,15H2,1H3. The van der Waals surface area contributed by atoms with Gasteiger partial charge in [-0.1, -0.05) is 54.6 Å². The summed E-state index contributed by atoms with van der Waals surface area (Å²) in [5.41, 5.74) is 2.09. The molecular formula is C22H22F3NO. The summed E-state index contributed by atoms with van der Waals surface area (Å²) in [5.74, 6) is 0. The molecule has 3 aromatic carbocycles. The Bertz CT molecular complexity index is 921. The minimum atomic E-state index is -4.34. The zero-order valence-electron chi connectivity index (χ0n) is 15.1. The van der Waals surface area contributed by atoms with E-state index >= 15 is 0 Å². The first-order valence-electron chi connectivity index (χ1n) is 8.99. The predicted octanol–water partition coefficient (Wildman–Crippen LogP) is 4.68. The molecule has 142 valence electrons. The normalized spacial score (nSPS) is 13.1. The van der Waals surface area contributed by atoms with E-state index in [1.165, 1.54) is 12.1 Å². The Morgan fingerprint density at radius 1 is 0.963 bits per heavy atom. The van der Waals surface area contributed by atoms with E-state index in [0.29, 0.717) is 31.5 Å². The average molecular weight is 373 g/mol. The summed E-state index contributed by atoms with van der Waals surface area (Å²) in [7, 11) is 0. The third-order valence-electron chi connectivity index (χ3n) is 4.82. The highest BCUT2D eigenvalue weighted by Gasteiger charge is 2.30. The Hall–Kier alpha value is -2.37. The smallest absolute Gasteiger partial charge is 0.416 e. The van der Waals surface area contributed by atoms with Crippen LogP contribution in [0.2, 0.25) is 0 Å². The van der Waals surface area contributed by atoms with Gasteiger partial charge in [-0.05, 0) is 41.3 Å². The molecule has 1 atom stereocenters. The maximum Gasteiger partial charge on any atom is 0.416 e. The molecule has 0 saturated heterocycles. The number of benzene rings is 3. The molecule has 27 heavy (non-hydrogen) atoms. The summed E-state index contributed by atoms with van der Waals surface area (Å²) >= 11 is 0. The molecule has 0 radical (unpaired) electrons. The van der Waals surface area contributed by atoms with E-state index in [9.17, 15) is 18.4 Å². The lowest BCUT2D eigenvalue weighted by Crippen LogP contribution is -3.05. The number of quaternary nitrogens is 1. The maximum atomic E-state index is 12.8. The lowest BCUT2D eigenvalue weighted by molar-refractivity contribution is -0.862. The number of rotatable bonds is 6. The molecule has 3 aromatic rings. The molecule has 0 saturated carbocycles. The van der Waals surface area contributed by atoms with E-state index in [1.54, 1.807) is 6.07 Å². The van der Waals surface area contributed by atoms with E-state index in [0.717, 1.165) is 28.0 Å². The zero-order valence-corrected chi connectivity index (χ0v) is 15.1. The van der Waals surface area contributed by atoms with E-state index in [2.05, 4.69) is 0 Å². The molecule has 5 heteroatoms. The van der Waals surface area contributed by atoms with Crippen molar-refractivity contribution in [3.63, 3.8) is 0 Å². The van der Waals surface area contributed by atoms with Crippen LogP contribution in [-0.4, -0.2) is 6.54 Å². The highest BCUT2D eigenvalue weighted by Crippen LogP contribution is 2.29. The number of fused-ring (bicyclic) bond motifs is 1. The van der Waals surface area contributed by atoms with Crippen molar-refractivity contribution >= 4 is 10.8 Å². The number of aryl methyl sites for hydroxylation is 2. The molecule has 0 aliphatic carbocycles. The molecule has 1 N–H and O–H groups in total. The average Bonchev–Trinajstić information content (AvgIpc) is 2.64. The molecule has 3 rings (SSSR count). The molecular weight excluding hydrogens is 351 g/mol.